The first-order chi connectivity index (χ1) is 14.0. The maximum absolute atomic E-state index is 13.3. The second-order valence-electron chi connectivity index (χ2n) is 8.25. The molecular weight excluding hydrogens is 388 g/mol. The van der Waals surface area contributed by atoms with Crippen LogP contribution in [0.1, 0.15) is 41.0 Å². The molecule has 0 aromatic heterocycles. The van der Waals surface area contributed by atoms with Gasteiger partial charge in [-0.3, -0.25) is 14.5 Å². The topological polar surface area (TPSA) is 131 Å². The molecule has 0 aliphatic carbocycles. The van der Waals surface area contributed by atoms with Crippen LogP contribution >= 0.6 is 0 Å². The number of carboxylic acids is 1. The second-order valence-corrected chi connectivity index (χ2v) is 8.25. The summed E-state index contributed by atoms with van der Waals surface area (Å²) >= 11 is 0. The van der Waals surface area contributed by atoms with E-state index in [1.807, 2.05) is 27.7 Å². The van der Waals surface area contributed by atoms with E-state index in [1.54, 1.807) is 24.3 Å². The number of amides is 4. The zero-order valence-corrected chi connectivity index (χ0v) is 17.9. The fraction of sp³-hybridized carbons (Fsp3) is 0.524. The molecule has 0 unspecified atom stereocenters. The standard InChI is InChI=1S/C21H30N4O5/c1-11(2)10-15(18(26)22-13(5)20(28)29)24-21(30)25-16-9-7-6-8-14(16)23-19(27)17(25)12(3)4/h6-9,11-13,15,17H,10H2,1-5H3,(H,22,26)(H,23,27)(H,24,30)(H,28,29)/p-1/t13-,15-,17-/m0/s1. The number of anilines is 2. The summed E-state index contributed by atoms with van der Waals surface area (Å²) in [5.74, 6) is -2.48. The van der Waals surface area contributed by atoms with Gasteiger partial charge in [0.15, 0.2) is 0 Å². The van der Waals surface area contributed by atoms with Gasteiger partial charge in [0.25, 0.3) is 0 Å². The van der Waals surface area contributed by atoms with E-state index in [0.29, 0.717) is 17.8 Å². The molecule has 9 heteroatoms. The minimum atomic E-state index is -1.42. The van der Waals surface area contributed by atoms with Gasteiger partial charge in [-0.2, -0.15) is 0 Å². The van der Waals surface area contributed by atoms with Crippen molar-refractivity contribution in [2.24, 2.45) is 11.8 Å². The van der Waals surface area contributed by atoms with Crippen molar-refractivity contribution in [3.05, 3.63) is 24.3 Å². The quantitative estimate of drug-likeness (QED) is 0.605. The van der Waals surface area contributed by atoms with Gasteiger partial charge in [-0.15, -0.1) is 0 Å². The van der Waals surface area contributed by atoms with Crippen molar-refractivity contribution in [3.8, 4) is 0 Å². The fourth-order valence-electron chi connectivity index (χ4n) is 3.39. The maximum Gasteiger partial charge on any atom is 0.323 e. The Hall–Kier alpha value is -3.10. The van der Waals surface area contributed by atoms with Gasteiger partial charge in [0.1, 0.15) is 12.1 Å². The van der Waals surface area contributed by atoms with Gasteiger partial charge in [-0.1, -0.05) is 39.8 Å². The fourth-order valence-corrected chi connectivity index (χ4v) is 3.39. The molecule has 0 bridgehead atoms. The number of nitrogens with zero attached hydrogens (tertiary/aromatic N) is 1. The number of para-hydroxylation sites is 2. The van der Waals surface area contributed by atoms with E-state index in [0.717, 1.165) is 0 Å². The third kappa shape index (κ3) is 5.28. The lowest BCUT2D eigenvalue weighted by molar-refractivity contribution is -0.307. The molecule has 1 heterocycles. The number of urea groups is 1. The number of rotatable bonds is 7. The number of carbonyl (C=O) groups is 4. The summed E-state index contributed by atoms with van der Waals surface area (Å²) < 4.78 is 0. The van der Waals surface area contributed by atoms with Crippen LogP contribution in [-0.4, -0.2) is 41.9 Å². The molecule has 0 spiro atoms. The summed E-state index contributed by atoms with van der Waals surface area (Å²) in [7, 11) is 0. The van der Waals surface area contributed by atoms with E-state index in [4.69, 9.17) is 0 Å². The third-order valence-electron chi connectivity index (χ3n) is 4.85. The highest BCUT2D eigenvalue weighted by Gasteiger charge is 2.39. The predicted molar refractivity (Wildman–Crippen MR) is 111 cm³/mol. The monoisotopic (exact) mass is 417 g/mol. The highest BCUT2D eigenvalue weighted by molar-refractivity contribution is 6.12. The van der Waals surface area contributed by atoms with Crippen molar-refractivity contribution >= 4 is 35.2 Å². The number of nitrogens with one attached hydrogen (secondary N) is 3. The van der Waals surface area contributed by atoms with Crippen LogP contribution < -0.4 is 26.0 Å². The molecule has 1 aromatic carbocycles. The van der Waals surface area contributed by atoms with E-state index in [9.17, 15) is 24.3 Å². The molecule has 30 heavy (non-hydrogen) atoms. The highest BCUT2D eigenvalue weighted by atomic mass is 16.4. The molecule has 0 radical (unpaired) electrons. The minimum Gasteiger partial charge on any atom is -0.548 e. The smallest absolute Gasteiger partial charge is 0.323 e. The number of hydrogen-bond donors (Lipinski definition) is 3. The molecule has 1 aliphatic rings. The first-order valence-electron chi connectivity index (χ1n) is 10.0. The molecule has 1 aliphatic heterocycles. The van der Waals surface area contributed by atoms with Crippen molar-refractivity contribution in [3.63, 3.8) is 0 Å². The Morgan fingerprint density at radius 1 is 1.10 bits per heavy atom. The van der Waals surface area contributed by atoms with Crippen molar-refractivity contribution in [2.75, 3.05) is 10.2 Å². The van der Waals surface area contributed by atoms with Crippen LogP contribution in [0.25, 0.3) is 0 Å². The van der Waals surface area contributed by atoms with Gasteiger partial charge >= 0.3 is 6.03 Å². The highest BCUT2D eigenvalue weighted by Crippen LogP contribution is 2.34. The second kappa shape index (κ2) is 9.60. The van der Waals surface area contributed by atoms with E-state index in [1.165, 1.54) is 11.8 Å². The molecule has 2 rings (SSSR count). The van der Waals surface area contributed by atoms with Crippen LogP contribution in [0.2, 0.25) is 0 Å². The minimum absolute atomic E-state index is 0.0529. The first-order valence-corrected chi connectivity index (χ1v) is 10.0. The zero-order valence-electron chi connectivity index (χ0n) is 17.9. The maximum atomic E-state index is 13.3. The largest absolute Gasteiger partial charge is 0.548 e. The molecule has 0 saturated heterocycles. The molecule has 164 valence electrons. The van der Waals surface area contributed by atoms with Crippen LogP contribution in [-0.2, 0) is 14.4 Å². The molecule has 0 saturated carbocycles. The van der Waals surface area contributed by atoms with Crippen molar-refractivity contribution in [1.29, 1.82) is 0 Å². The third-order valence-corrected chi connectivity index (χ3v) is 4.85. The Kier molecular flexibility index (Phi) is 7.42. The summed E-state index contributed by atoms with van der Waals surface area (Å²) in [5, 5.41) is 18.8. The van der Waals surface area contributed by atoms with Gasteiger partial charge in [-0.05, 0) is 37.3 Å². The molecule has 3 N–H and O–H groups in total. The number of carboxylic acid groups (broad SMARTS) is 1. The number of aliphatic carboxylic acids is 1. The summed E-state index contributed by atoms with van der Waals surface area (Å²) in [5.41, 5.74) is 1.03. The van der Waals surface area contributed by atoms with Crippen LogP contribution in [0.3, 0.4) is 0 Å². The van der Waals surface area contributed by atoms with E-state index >= 15 is 0 Å². The average Bonchev–Trinajstić information content (AvgIpc) is 2.65. The van der Waals surface area contributed by atoms with Crippen molar-refractivity contribution in [2.45, 2.75) is 59.2 Å². The van der Waals surface area contributed by atoms with Gasteiger partial charge in [0.2, 0.25) is 11.8 Å². The van der Waals surface area contributed by atoms with E-state index in [2.05, 4.69) is 16.0 Å². The lowest BCUT2D eigenvalue weighted by Crippen LogP contribution is -2.60. The SMILES string of the molecule is CC(C)C[C@H](NC(=O)N1c2ccccc2NC(=O)[C@@H]1C(C)C)C(=O)N[C@@H](C)C(=O)[O-]. The van der Waals surface area contributed by atoms with E-state index in [-0.39, 0.29) is 17.7 Å². The first kappa shape index (κ1) is 23.2. The van der Waals surface area contributed by atoms with Crippen molar-refractivity contribution in [1.82, 2.24) is 10.6 Å². The Labute approximate surface area is 176 Å². The summed E-state index contributed by atoms with van der Waals surface area (Å²) in [6.45, 7) is 8.72. The Morgan fingerprint density at radius 2 is 1.73 bits per heavy atom. The van der Waals surface area contributed by atoms with Gasteiger partial charge in [0, 0.05) is 0 Å². The lowest BCUT2D eigenvalue weighted by atomic mass is 9.97. The average molecular weight is 417 g/mol. The van der Waals surface area contributed by atoms with Gasteiger partial charge in [-0.25, -0.2) is 4.79 Å². The normalized spacial score (nSPS) is 17.8. The van der Waals surface area contributed by atoms with E-state index < -0.39 is 36.0 Å². The summed E-state index contributed by atoms with van der Waals surface area (Å²) in [6.07, 6.45) is 0.297. The van der Waals surface area contributed by atoms with Crippen LogP contribution in [0.15, 0.2) is 24.3 Å². The molecule has 1 aromatic rings. The predicted octanol–water partition coefficient (Wildman–Crippen LogP) is 0.849. The number of hydrogen-bond acceptors (Lipinski definition) is 5. The zero-order chi connectivity index (χ0) is 22.6. The number of benzene rings is 1. The Bertz CT molecular complexity index is 823. The Balaban J connectivity index is 2.33. The van der Waals surface area contributed by atoms with Crippen molar-refractivity contribution < 1.29 is 24.3 Å². The molecular formula is C21H29N4O5-. The number of carbonyl (C=O) groups excluding carboxylic acids is 4. The molecule has 3 atom stereocenters. The Morgan fingerprint density at radius 3 is 2.30 bits per heavy atom. The summed E-state index contributed by atoms with van der Waals surface area (Å²) in [6, 6.07) is 3.40. The van der Waals surface area contributed by atoms with Gasteiger partial charge < -0.3 is 25.9 Å². The van der Waals surface area contributed by atoms with Crippen LogP contribution in [0.4, 0.5) is 16.2 Å². The lowest BCUT2D eigenvalue weighted by Gasteiger charge is -2.39. The molecule has 4 amide bonds. The van der Waals surface area contributed by atoms with Gasteiger partial charge in [0.05, 0.1) is 23.4 Å². The molecule has 0 fully saturated rings. The molecule has 9 nitrogen and oxygen atoms in total. The summed E-state index contributed by atoms with van der Waals surface area (Å²) in [4.78, 5) is 50.9. The van der Waals surface area contributed by atoms with Crippen LogP contribution in [0.5, 0.6) is 0 Å². The number of fused-ring (bicyclic) bond motifs is 1. The van der Waals surface area contributed by atoms with Crippen LogP contribution in [0, 0.1) is 11.8 Å².